The summed E-state index contributed by atoms with van der Waals surface area (Å²) in [6.45, 7) is 1.69. The first-order chi connectivity index (χ1) is 17.4. The number of ether oxygens (including phenoxy) is 2. The van der Waals surface area contributed by atoms with E-state index in [1.807, 2.05) is 6.07 Å². The molecule has 1 saturated carbocycles. The molecule has 0 saturated heterocycles. The number of carbonyl (C=O) groups is 2. The average Bonchev–Trinajstić information content (AvgIpc) is 3.60. The van der Waals surface area contributed by atoms with Crippen LogP contribution in [-0.2, 0) is 9.53 Å². The van der Waals surface area contributed by atoms with Gasteiger partial charge in [0.05, 0.1) is 5.92 Å². The molecule has 0 radical (unpaired) electrons. The van der Waals surface area contributed by atoms with Gasteiger partial charge in [0.15, 0.2) is 0 Å². The first kappa shape index (κ1) is 25.0. The molecule has 186 valence electrons. The number of halogens is 1. The Hall–Kier alpha value is -4.10. The van der Waals surface area contributed by atoms with Crippen LogP contribution in [-0.4, -0.2) is 33.9 Å². The third-order valence-electron chi connectivity index (χ3n) is 5.75. The summed E-state index contributed by atoms with van der Waals surface area (Å²) in [4.78, 5) is 28.2. The second-order valence-electron chi connectivity index (χ2n) is 8.45. The minimum Gasteiger partial charge on any atom is -0.481 e. The van der Waals surface area contributed by atoms with Crippen molar-refractivity contribution in [2.45, 2.75) is 32.3 Å². The van der Waals surface area contributed by atoms with Crippen LogP contribution in [0, 0.1) is 23.2 Å². The van der Waals surface area contributed by atoms with Crippen molar-refractivity contribution in [2.75, 3.05) is 11.9 Å². The van der Waals surface area contributed by atoms with Gasteiger partial charge in [0.1, 0.15) is 30.2 Å². The highest BCUT2D eigenvalue weighted by atomic mass is 35.5. The molecule has 1 amide bonds. The minimum atomic E-state index is -0.892. The third-order valence-corrected chi connectivity index (χ3v) is 6.10. The molecule has 0 spiro atoms. The topological polar surface area (TPSA) is 148 Å². The van der Waals surface area contributed by atoms with E-state index in [0.717, 1.165) is 12.8 Å². The predicted octanol–water partition coefficient (Wildman–Crippen LogP) is 5.45. The van der Waals surface area contributed by atoms with E-state index in [4.69, 9.17) is 25.6 Å². The maximum atomic E-state index is 12.6. The molecule has 1 aliphatic carbocycles. The number of aromatic nitrogens is 2. The predicted molar refractivity (Wildman–Crippen MR) is 128 cm³/mol. The van der Waals surface area contributed by atoms with E-state index in [9.17, 15) is 20.0 Å². The molecule has 2 aromatic heterocycles. The zero-order valence-electron chi connectivity index (χ0n) is 19.3. The molecule has 2 N–H and O–H groups in total. The lowest BCUT2D eigenvalue weighted by atomic mass is 10.0. The Labute approximate surface area is 211 Å². The quantitative estimate of drug-likeness (QED) is 0.363. The summed E-state index contributed by atoms with van der Waals surface area (Å²) in [6.07, 6.45) is 2.65. The maximum absolute atomic E-state index is 12.6. The molecule has 36 heavy (non-hydrogen) atoms. The van der Waals surface area contributed by atoms with E-state index in [-0.39, 0.29) is 29.6 Å². The molecular weight excluding hydrogens is 488 g/mol. The first-order valence-corrected chi connectivity index (χ1v) is 11.7. The van der Waals surface area contributed by atoms with E-state index in [0.29, 0.717) is 28.5 Å². The number of benzene rings is 1. The number of hydrogen-bond acceptors (Lipinski definition) is 8. The van der Waals surface area contributed by atoms with Crippen molar-refractivity contribution >= 4 is 29.4 Å². The Morgan fingerprint density at radius 1 is 1.31 bits per heavy atom. The van der Waals surface area contributed by atoms with Crippen LogP contribution < -0.4 is 10.1 Å². The zero-order chi connectivity index (χ0) is 25.7. The molecule has 2 heterocycles. The molecule has 4 rings (SSSR count). The van der Waals surface area contributed by atoms with Gasteiger partial charge >= 0.3 is 12.1 Å². The average molecular weight is 511 g/mol. The smallest absolute Gasteiger partial charge is 0.412 e. The fourth-order valence-corrected chi connectivity index (χ4v) is 3.92. The summed E-state index contributed by atoms with van der Waals surface area (Å²) in [5, 5.41) is 25.6. The molecule has 2 unspecified atom stereocenters. The van der Waals surface area contributed by atoms with Gasteiger partial charge in [0.2, 0.25) is 5.88 Å². The van der Waals surface area contributed by atoms with Crippen LogP contribution in [0.5, 0.6) is 5.88 Å². The van der Waals surface area contributed by atoms with Gasteiger partial charge in [-0.2, -0.15) is 5.26 Å². The second kappa shape index (κ2) is 11.1. The summed E-state index contributed by atoms with van der Waals surface area (Å²) in [6, 6.07) is 12.0. The molecule has 0 aliphatic heterocycles. The lowest BCUT2D eigenvalue weighted by molar-refractivity contribution is -0.143. The summed E-state index contributed by atoms with van der Waals surface area (Å²) in [5.74, 6) is -1.000. The number of carbonyl (C=O) groups excluding carboxylic acids is 1. The summed E-state index contributed by atoms with van der Waals surface area (Å²) >= 11 is 6.16. The number of nitrogens with zero attached hydrogens (tertiary/aromatic N) is 3. The second-order valence-corrected chi connectivity index (χ2v) is 8.86. The van der Waals surface area contributed by atoms with Crippen molar-refractivity contribution in [3.63, 3.8) is 0 Å². The highest BCUT2D eigenvalue weighted by Crippen LogP contribution is 2.36. The van der Waals surface area contributed by atoms with Crippen LogP contribution in [0.25, 0.3) is 11.3 Å². The Bertz CT molecular complexity index is 1280. The van der Waals surface area contributed by atoms with E-state index in [2.05, 4.69) is 15.5 Å². The molecule has 2 atom stereocenters. The SMILES string of the molecule is CC(OC(=O)Nc1c(-c2ccc(OCC(CC3CC3)C(=O)O)nc2)noc1C#N)c1ccccc1Cl. The lowest BCUT2D eigenvalue weighted by Crippen LogP contribution is -2.22. The van der Waals surface area contributed by atoms with Crippen LogP contribution in [0.4, 0.5) is 10.5 Å². The first-order valence-electron chi connectivity index (χ1n) is 11.3. The number of nitriles is 1. The van der Waals surface area contributed by atoms with Crippen molar-refractivity contribution in [3.05, 3.63) is 58.9 Å². The van der Waals surface area contributed by atoms with E-state index < -0.39 is 24.1 Å². The van der Waals surface area contributed by atoms with Gasteiger partial charge in [-0.05, 0) is 31.4 Å². The largest absolute Gasteiger partial charge is 0.481 e. The number of amides is 1. The molecule has 1 aliphatic rings. The van der Waals surface area contributed by atoms with E-state index in [1.54, 1.807) is 43.3 Å². The number of carboxylic acid groups (broad SMARTS) is 1. The highest BCUT2D eigenvalue weighted by Gasteiger charge is 2.30. The number of hydrogen-bond donors (Lipinski definition) is 2. The summed E-state index contributed by atoms with van der Waals surface area (Å²) < 4.78 is 16.0. The van der Waals surface area contributed by atoms with Gasteiger partial charge < -0.3 is 19.1 Å². The summed E-state index contributed by atoms with van der Waals surface area (Å²) in [7, 11) is 0. The Kier molecular flexibility index (Phi) is 7.71. The van der Waals surface area contributed by atoms with Crippen LogP contribution in [0.2, 0.25) is 5.02 Å². The number of aliphatic carboxylic acids is 1. The lowest BCUT2D eigenvalue weighted by Gasteiger charge is -2.15. The van der Waals surface area contributed by atoms with Crippen molar-refractivity contribution < 1.29 is 28.7 Å². The number of carboxylic acids is 1. The molecule has 0 bridgehead atoms. The molecule has 10 nitrogen and oxygen atoms in total. The maximum Gasteiger partial charge on any atom is 0.412 e. The Morgan fingerprint density at radius 2 is 2.08 bits per heavy atom. The van der Waals surface area contributed by atoms with Gasteiger partial charge in [0, 0.05) is 28.4 Å². The monoisotopic (exact) mass is 510 g/mol. The standard InChI is InChI=1S/C25H23ClN4O6/c1-14(18-4-2-3-5-19(18)26)35-25(33)29-23-20(11-27)36-30-22(23)16-8-9-21(28-12-16)34-13-17(24(31)32)10-15-6-7-15/h2-5,8-9,12,14-15,17H,6-7,10,13H2,1H3,(H,29,33)(H,31,32). The van der Waals surface area contributed by atoms with E-state index in [1.165, 1.54) is 6.20 Å². The fourth-order valence-electron chi connectivity index (χ4n) is 3.63. The van der Waals surface area contributed by atoms with Crippen molar-refractivity contribution in [1.29, 1.82) is 5.26 Å². The molecular formula is C25H23ClN4O6. The van der Waals surface area contributed by atoms with Crippen LogP contribution >= 0.6 is 11.6 Å². The highest BCUT2D eigenvalue weighted by molar-refractivity contribution is 6.31. The van der Waals surface area contributed by atoms with Gasteiger partial charge in [-0.1, -0.05) is 47.8 Å². The molecule has 1 fully saturated rings. The van der Waals surface area contributed by atoms with Crippen molar-refractivity contribution in [2.24, 2.45) is 11.8 Å². The van der Waals surface area contributed by atoms with Crippen LogP contribution in [0.1, 0.15) is 43.6 Å². The molecule has 3 aromatic rings. The van der Waals surface area contributed by atoms with Gasteiger partial charge in [-0.15, -0.1) is 0 Å². The third kappa shape index (κ3) is 6.12. The van der Waals surface area contributed by atoms with Crippen molar-refractivity contribution in [1.82, 2.24) is 10.1 Å². The minimum absolute atomic E-state index is 0.0168. The van der Waals surface area contributed by atoms with Crippen LogP contribution in [0.15, 0.2) is 47.1 Å². The molecule has 1 aromatic carbocycles. The van der Waals surface area contributed by atoms with Gasteiger partial charge in [-0.3, -0.25) is 10.1 Å². The number of nitrogens with one attached hydrogen (secondary N) is 1. The van der Waals surface area contributed by atoms with Gasteiger partial charge in [-0.25, -0.2) is 9.78 Å². The van der Waals surface area contributed by atoms with Gasteiger partial charge in [0.25, 0.3) is 5.76 Å². The molecule has 11 heteroatoms. The van der Waals surface area contributed by atoms with Crippen LogP contribution in [0.3, 0.4) is 0 Å². The fraction of sp³-hybridized carbons (Fsp3) is 0.320. The Morgan fingerprint density at radius 3 is 2.72 bits per heavy atom. The number of pyridine rings is 1. The summed E-state index contributed by atoms with van der Waals surface area (Å²) in [5.41, 5.74) is 1.27. The number of rotatable bonds is 10. The normalized spacial score (nSPS) is 14.4. The zero-order valence-corrected chi connectivity index (χ0v) is 20.1. The van der Waals surface area contributed by atoms with Crippen molar-refractivity contribution in [3.8, 4) is 23.2 Å². The van der Waals surface area contributed by atoms with E-state index >= 15 is 0 Å². The Balaban J connectivity index is 1.43. The number of anilines is 1.